The summed E-state index contributed by atoms with van der Waals surface area (Å²) in [6, 6.07) is 0. The zero-order valence-electron chi connectivity index (χ0n) is 7.97. The molecular weight excluding hydrogens is 172 g/mol. The number of hydrogen-bond donors (Lipinski definition) is 3. The summed E-state index contributed by atoms with van der Waals surface area (Å²) < 4.78 is 0. The van der Waals surface area contributed by atoms with E-state index in [4.69, 9.17) is 5.73 Å². The Bertz CT molecular complexity index is 99.1. The van der Waals surface area contributed by atoms with Gasteiger partial charge in [-0.15, -0.1) is 0 Å². The molecule has 0 saturated carbocycles. The molecule has 0 heterocycles. The van der Waals surface area contributed by atoms with Gasteiger partial charge in [-0.25, -0.2) is 0 Å². The Morgan fingerprint density at radius 3 is 2.50 bits per heavy atom. The molecular formula is C8H20N2OS. The Balaban J connectivity index is 0. The molecule has 0 aromatic rings. The first-order valence-corrected chi connectivity index (χ1v) is 5.02. The van der Waals surface area contributed by atoms with E-state index >= 15 is 0 Å². The molecule has 4 heteroatoms. The Hall–Kier alpha value is -0.220. The third kappa shape index (κ3) is 12.5. The van der Waals surface area contributed by atoms with E-state index in [2.05, 4.69) is 17.9 Å². The van der Waals surface area contributed by atoms with Crippen molar-refractivity contribution in [1.82, 2.24) is 5.32 Å². The molecule has 12 heavy (non-hydrogen) atoms. The summed E-state index contributed by atoms with van der Waals surface area (Å²) in [5, 5.41) is 2.72. The van der Waals surface area contributed by atoms with Crippen LogP contribution in [0.15, 0.2) is 0 Å². The van der Waals surface area contributed by atoms with Gasteiger partial charge in [-0.2, -0.15) is 12.6 Å². The van der Waals surface area contributed by atoms with Crippen LogP contribution in [0.5, 0.6) is 0 Å². The largest absolute Gasteiger partial charge is 0.356 e. The summed E-state index contributed by atoms with van der Waals surface area (Å²) >= 11 is 3.92. The van der Waals surface area contributed by atoms with E-state index in [1.54, 1.807) is 0 Å². The summed E-state index contributed by atoms with van der Waals surface area (Å²) in [6.07, 6.45) is 1.34. The molecule has 3 N–H and O–H groups in total. The van der Waals surface area contributed by atoms with Gasteiger partial charge in [0, 0.05) is 13.0 Å². The topological polar surface area (TPSA) is 55.1 Å². The lowest BCUT2D eigenvalue weighted by Crippen LogP contribution is -2.25. The highest BCUT2D eigenvalue weighted by molar-refractivity contribution is 7.80. The van der Waals surface area contributed by atoms with E-state index in [0.717, 1.165) is 6.42 Å². The Labute approximate surface area is 80.5 Å². The second-order valence-corrected chi connectivity index (χ2v) is 2.41. The van der Waals surface area contributed by atoms with Crippen LogP contribution in [0.25, 0.3) is 0 Å². The predicted octanol–water partition coefficient (Wildman–Crippen LogP) is 0.797. The first kappa shape index (κ1) is 14.3. The van der Waals surface area contributed by atoms with Gasteiger partial charge < -0.3 is 11.1 Å². The van der Waals surface area contributed by atoms with Crippen LogP contribution in [-0.2, 0) is 4.79 Å². The van der Waals surface area contributed by atoms with E-state index in [1.165, 1.54) is 0 Å². The lowest BCUT2D eigenvalue weighted by Gasteiger charge is -2.00. The van der Waals surface area contributed by atoms with E-state index in [1.807, 2.05) is 13.8 Å². The van der Waals surface area contributed by atoms with Crippen LogP contribution >= 0.6 is 12.6 Å². The fourth-order valence-corrected chi connectivity index (χ4v) is 0.723. The monoisotopic (exact) mass is 192 g/mol. The van der Waals surface area contributed by atoms with Gasteiger partial charge in [0.15, 0.2) is 0 Å². The highest BCUT2D eigenvalue weighted by Crippen LogP contribution is 1.82. The maximum atomic E-state index is 10.7. The third-order valence-corrected chi connectivity index (χ3v) is 1.27. The Morgan fingerprint density at radius 1 is 1.50 bits per heavy atom. The van der Waals surface area contributed by atoms with Crippen molar-refractivity contribution in [3.8, 4) is 0 Å². The minimum absolute atomic E-state index is 0.0588. The Morgan fingerprint density at radius 2 is 2.08 bits per heavy atom. The second kappa shape index (κ2) is 13.4. The van der Waals surface area contributed by atoms with E-state index in [-0.39, 0.29) is 5.91 Å². The minimum atomic E-state index is 0.0588. The van der Waals surface area contributed by atoms with Gasteiger partial charge in [0.2, 0.25) is 5.91 Å². The summed E-state index contributed by atoms with van der Waals surface area (Å²) in [5.74, 6) is 0.664. The molecule has 0 unspecified atom stereocenters. The fourth-order valence-electron chi connectivity index (χ4n) is 0.520. The molecule has 0 aliphatic heterocycles. The van der Waals surface area contributed by atoms with Crippen LogP contribution in [0.2, 0.25) is 0 Å². The van der Waals surface area contributed by atoms with Crippen LogP contribution < -0.4 is 11.1 Å². The molecule has 0 bridgehead atoms. The van der Waals surface area contributed by atoms with Gasteiger partial charge in [0.05, 0.1) is 0 Å². The maximum Gasteiger partial charge on any atom is 0.220 e. The summed E-state index contributed by atoms with van der Waals surface area (Å²) in [5.41, 5.74) is 5.22. The van der Waals surface area contributed by atoms with Crippen LogP contribution in [0, 0.1) is 0 Å². The molecule has 0 aromatic heterocycles. The molecule has 74 valence electrons. The van der Waals surface area contributed by atoms with Crippen molar-refractivity contribution in [3.63, 3.8) is 0 Å². The van der Waals surface area contributed by atoms with Crippen LogP contribution in [0.3, 0.4) is 0 Å². The van der Waals surface area contributed by atoms with Crippen molar-refractivity contribution in [3.05, 3.63) is 0 Å². The quantitative estimate of drug-likeness (QED) is 0.446. The molecule has 0 aromatic carbocycles. The fraction of sp³-hybridized carbons (Fsp3) is 0.875. The summed E-state index contributed by atoms with van der Waals surface area (Å²) in [4.78, 5) is 10.7. The second-order valence-electron chi connectivity index (χ2n) is 1.97. The smallest absolute Gasteiger partial charge is 0.220 e. The minimum Gasteiger partial charge on any atom is -0.356 e. The molecule has 0 rings (SSSR count). The van der Waals surface area contributed by atoms with E-state index < -0.39 is 0 Å². The molecule has 3 nitrogen and oxygen atoms in total. The lowest BCUT2D eigenvalue weighted by atomic mass is 10.4. The highest BCUT2D eigenvalue weighted by Gasteiger charge is 1.95. The SMILES string of the molecule is CC.NCCCNC(=O)CCS. The van der Waals surface area contributed by atoms with Gasteiger partial charge in [-0.1, -0.05) is 13.8 Å². The van der Waals surface area contributed by atoms with Crippen LogP contribution in [-0.4, -0.2) is 24.7 Å². The average Bonchev–Trinajstić information content (AvgIpc) is 2.09. The predicted molar refractivity (Wildman–Crippen MR) is 56.5 cm³/mol. The maximum absolute atomic E-state index is 10.7. The first-order valence-electron chi connectivity index (χ1n) is 4.39. The number of carbonyl (C=O) groups excluding carboxylic acids is 1. The molecule has 0 spiro atoms. The zero-order chi connectivity index (χ0) is 9.82. The van der Waals surface area contributed by atoms with Crippen LogP contribution in [0.1, 0.15) is 26.7 Å². The molecule has 0 aliphatic carbocycles. The number of nitrogens with two attached hydrogens (primary N) is 1. The zero-order valence-corrected chi connectivity index (χ0v) is 8.86. The van der Waals surface area contributed by atoms with Crippen molar-refractivity contribution in [1.29, 1.82) is 0 Å². The van der Waals surface area contributed by atoms with Gasteiger partial charge in [0.25, 0.3) is 0 Å². The van der Waals surface area contributed by atoms with Crippen molar-refractivity contribution >= 4 is 18.5 Å². The van der Waals surface area contributed by atoms with Crippen molar-refractivity contribution in [2.45, 2.75) is 26.7 Å². The average molecular weight is 192 g/mol. The lowest BCUT2D eigenvalue weighted by molar-refractivity contribution is -0.120. The molecule has 1 amide bonds. The van der Waals surface area contributed by atoms with Gasteiger partial charge >= 0.3 is 0 Å². The molecule has 0 radical (unpaired) electrons. The first-order chi connectivity index (χ1) is 5.81. The number of carbonyl (C=O) groups is 1. The number of rotatable bonds is 5. The van der Waals surface area contributed by atoms with E-state index in [9.17, 15) is 4.79 Å². The molecule has 0 atom stereocenters. The van der Waals surface area contributed by atoms with Crippen molar-refractivity contribution < 1.29 is 4.79 Å². The third-order valence-electron chi connectivity index (χ3n) is 1.04. The molecule has 0 saturated heterocycles. The number of amides is 1. The standard InChI is InChI=1S/C6H14N2OS.C2H6/c7-3-1-4-8-6(9)2-5-10;1-2/h10H,1-5,7H2,(H,8,9);1-2H3. The summed E-state index contributed by atoms with van der Waals surface area (Å²) in [7, 11) is 0. The van der Waals surface area contributed by atoms with Crippen molar-refractivity contribution in [2.24, 2.45) is 5.73 Å². The normalized spacial score (nSPS) is 8.33. The van der Waals surface area contributed by atoms with Crippen molar-refractivity contribution in [2.75, 3.05) is 18.8 Å². The van der Waals surface area contributed by atoms with E-state index in [0.29, 0.717) is 25.3 Å². The number of nitrogens with one attached hydrogen (secondary N) is 1. The van der Waals surface area contributed by atoms with Crippen LogP contribution in [0.4, 0.5) is 0 Å². The molecule has 0 fully saturated rings. The highest BCUT2D eigenvalue weighted by atomic mass is 32.1. The van der Waals surface area contributed by atoms with Gasteiger partial charge in [-0.3, -0.25) is 4.79 Å². The molecule has 0 aliphatic rings. The summed E-state index contributed by atoms with van der Waals surface area (Å²) in [6.45, 7) is 5.31. The number of thiol groups is 1. The Kier molecular flexibility index (Phi) is 16.0. The van der Waals surface area contributed by atoms with Gasteiger partial charge in [0.1, 0.15) is 0 Å². The number of hydrogen-bond acceptors (Lipinski definition) is 3. The van der Waals surface area contributed by atoms with Gasteiger partial charge in [-0.05, 0) is 18.7 Å².